The van der Waals surface area contributed by atoms with Crippen LogP contribution < -0.4 is 10.6 Å². The van der Waals surface area contributed by atoms with E-state index in [1.165, 1.54) is 0 Å². The molecule has 1 heterocycles. The Hall–Kier alpha value is -3.08. The van der Waals surface area contributed by atoms with E-state index in [-0.39, 0.29) is 39.8 Å². The van der Waals surface area contributed by atoms with Crippen LogP contribution in [0.1, 0.15) is 44.2 Å². The summed E-state index contributed by atoms with van der Waals surface area (Å²) in [5.74, 6) is -4.92. The number of carboxylic acids is 4. The van der Waals surface area contributed by atoms with Gasteiger partial charge in [-0.05, 0) is 37.9 Å². The number of nitrogens with zero attached hydrogens (tertiary/aromatic N) is 2. The molecule has 0 aromatic carbocycles. The topological polar surface area (TPSA) is 206 Å². The Balaban J connectivity index is 0.0000116. The molecule has 0 bridgehead atoms. The van der Waals surface area contributed by atoms with E-state index < -0.39 is 48.4 Å². The van der Waals surface area contributed by atoms with Crippen molar-refractivity contribution in [2.75, 3.05) is 13.1 Å². The van der Waals surface area contributed by atoms with Crippen LogP contribution in [0.2, 0.25) is 0 Å². The number of carbonyl (C=O) groups is 5. The Morgan fingerprint density at radius 1 is 0.857 bits per heavy atom. The molecule has 14 heteroatoms. The molecule has 13 nitrogen and oxygen atoms in total. The quantitative estimate of drug-likeness (QED) is 0.127. The number of pyridine rings is 1. The average molecular weight is 669 g/mol. The minimum absolute atomic E-state index is 0. The second kappa shape index (κ2) is 17.4. The van der Waals surface area contributed by atoms with Crippen molar-refractivity contribution >= 4 is 29.9 Å². The number of carbonyl (C=O) groups excluding carboxylic acids is 1. The van der Waals surface area contributed by atoms with E-state index in [1.54, 1.807) is 29.3 Å². The number of aliphatic carboxylic acids is 4. The SMILES string of the molecule is O=C(O)CC[C@H](NC(=O)N[C@@H](CCCCCN(CC(=O)O)Cc1ccccn1)C(=O)O)C(=O)O.[Re]. The molecule has 0 aliphatic carbocycles. The second-order valence-electron chi connectivity index (χ2n) is 7.61. The monoisotopic (exact) mass is 669 g/mol. The predicted octanol–water partition coefficient (Wildman–Crippen LogP) is 0.597. The molecular formula is C21H30N4O9Re. The van der Waals surface area contributed by atoms with E-state index in [2.05, 4.69) is 15.6 Å². The molecule has 0 aliphatic heterocycles. The van der Waals surface area contributed by atoms with Gasteiger partial charge in [0.25, 0.3) is 0 Å². The predicted molar refractivity (Wildman–Crippen MR) is 117 cm³/mol. The smallest absolute Gasteiger partial charge is 0.326 e. The van der Waals surface area contributed by atoms with Gasteiger partial charge in [0.2, 0.25) is 0 Å². The van der Waals surface area contributed by atoms with Gasteiger partial charge in [0.15, 0.2) is 0 Å². The molecule has 195 valence electrons. The van der Waals surface area contributed by atoms with E-state index in [0.29, 0.717) is 32.4 Å². The van der Waals surface area contributed by atoms with Crippen LogP contribution in [0, 0.1) is 0 Å². The van der Waals surface area contributed by atoms with Gasteiger partial charge in [0.1, 0.15) is 12.1 Å². The zero-order valence-electron chi connectivity index (χ0n) is 18.9. The number of unbranched alkanes of at least 4 members (excludes halogenated alkanes) is 2. The van der Waals surface area contributed by atoms with Gasteiger partial charge >= 0.3 is 29.9 Å². The fourth-order valence-electron chi connectivity index (χ4n) is 3.13. The van der Waals surface area contributed by atoms with Crippen molar-refractivity contribution in [3.8, 4) is 0 Å². The van der Waals surface area contributed by atoms with Crippen molar-refractivity contribution in [2.24, 2.45) is 0 Å². The summed E-state index contributed by atoms with van der Waals surface area (Å²) in [5.41, 5.74) is 0.730. The number of aromatic nitrogens is 1. The third-order valence-electron chi connectivity index (χ3n) is 4.79. The summed E-state index contributed by atoms with van der Waals surface area (Å²) < 4.78 is 0. The van der Waals surface area contributed by atoms with Crippen LogP contribution in [-0.2, 0) is 46.1 Å². The van der Waals surface area contributed by atoms with Crippen LogP contribution in [0.15, 0.2) is 24.4 Å². The van der Waals surface area contributed by atoms with Crippen LogP contribution in [-0.4, -0.2) is 85.4 Å². The number of amides is 2. The number of carboxylic acid groups (broad SMARTS) is 4. The van der Waals surface area contributed by atoms with Crippen LogP contribution >= 0.6 is 0 Å². The fraction of sp³-hybridized carbons (Fsp3) is 0.524. The van der Waals surface area contributed by atoms with Crippen LogP contribution in [0.4, 0.5) is 4.79 Å². The molecule has 6 N–H and O–H groups in total. The minimum Gasteiger partial charge on any atom is -0.481 e. The van der Waals surface area contributed by atoms with E-state index in [4.69, 9.17) is 15.3 Å². The van der Waals surface area contributed by atoms with E-state index in [9.17, 15) is 29.1 Å². The molecular weight excluding hydrogens is 638 g/mol. The number of hydrogen-bond donors (Lipinski definition) is 6. The largest absolute Gasteiger partial charge is 0.481 e. The van der Waals surface area contributed by atoms with Crippen molar-refractivity contribution < 1.29 is 64.8 Å². The Labute approximate surface area is 215 Å². The third-order valence-corrected chi connectivity index (χ3v) is 4.79. The first-order chi connectivity index (χ1) is 16.1. The third kappa shape index (κ3) is 14.7. The Kier molecular flexibility index (Phi) is 15.8. The summed E-state index contributed by atoms with van der Waals surface area (Å²) >= 11 is 0. The Morgan fingerprint density at radius 3 is 2.00 bits per heavy atom. The maximum absolute atomic E-state index is 12.0. The van der Waals surface area contributed by atoms with Gasteiger partial charge in [0.05, 0.1) is 12.2 Å². The molecule has 0 fully saturated rings. The number of rotatable bonds is 17. The summed E-state index contributed by atoms with van der Waals surface area (Å²) in [7, 11) is 0. The maximum Gasteiger partial charge on any atom is 0.326 e. The molecule has 2 amide bonds. The van der Waals surface area contributed by atoms with Crippen molar-refractivity contribution in [2.45, 2.75) is 57.2 Å². The Bertz CT molecular complexity index is 841. The molecule has 0 spiro atoms. The first-order valence-corrected chi connectivity index (χ1v) is 10.7. The van der Waals surface area contributed by atoms with Crippen molar-refractivity contribution in [1.29, 1.82) is 0 Å². The molecule has 2 atom stereocenters. The number of urea groups is 1. The number of hydrogen-bond acceptors (Lipinski definition) is 7. The van der Waals surface area contributed by atoms with Crippen LogP contribution in [0.25, 0.3) is 0 Å². The Morgan fingerprint density at radius 2 is 1.49 bits per heavy atom. The van der Waals surface area contributed by atoms with Crippen molar-refractivity contribution in [3.63, 3.8) is 0 Å². The van der Waals surface area contributed by atoms with E-state index in [0.717, 1.165) is 5.69 Å². The van der Waals surface area contributed by atoms with Crippen LogP contribution in [0.3, 0.4) is 0 Å². The minimum atomic E-state index is -1.47. The van der Waals surface area contributed by atoms with Crippen molar-refractivity contribution in [1.82, 2.24) is 20.5 Å². The van der Waals surface area contributed by atoms with Gasteiger partial charge in [-0.3, -0.25) is 19.5 Å². The molecule has 0 saturated heterocycles. The zero-order valence-corrected chi connectivity index (χ0v) is 21.6. The van der Waals surface area contributed by atoms with Gasteiger partial charge in [-0.2, -0.15) is 0 Å². The molecule has 1 aromatic rings. The van der Waals surface area contributed by atoms with E-state index >= 15 is 0 Å². The molecule has 1 rings (SSSR count). The van der Waals surface area contributed by atoms with Gasteiger partial charge < -0.3 is 31.1 Å². The van der Waals surface area contributed by atoms with Gasteiger partial charge in [-0.15, -0.1) is 0 Å². The van der Waals surface area contributed by atoms with Gasteiger partial charge in [-0.1, -0.05) is 18.9 Å². The maximum atomic E-state index is 12.0. The number of nitrogens with one attached hydrogen (secondary N) is 2. The summed E-state index contributed by atoms with van der Waals surface area (Å²) in [4.78, 5) is 62.2. The summed E-state index contributed by atoms with van der Waals surface area (Å²) in [6.45, 7) is 0.653. The van der Waals surface area contributed by atoms with Gasteiger partial charge in [-0.25, -0.2) is 14.4 Å². The van der Waals surface area contributed by atoms with E-state index in [1.807, 2.05) is 0 Å². The molecule has 0 aliphatic rings. The second-order valence-corrected chi connectivity index (χ2v) is 7.61. The van der Waals surface area contributed by atoms with Crippen LogP contribution in [0.5, 0.6) is 0 Å². The summed E-state index contributed by atoms with van der Waals surface area (Å²) in [6, 6.07) is 1.60. The first kappa shape index (κ1) is 31.9. The fourth-order valence-corrected chi connectivity index (χ4v) is 3.13. The van der Waals surface area contributed by atoms with Gasteiger partial charge in [0, 0.05) is 39.6 Å². The molecule has 0 saturated carbocycles. The molecule has 1 aromatic heterocycles. The zero-order chi connectivity index (χ0) is 25.5. The first-order valence-electron chi connectivity index (χ1n) is 10.7. The molecule has 35 heavy (non-hydrogen) atoms. The standard InChI is InChI=1S/C21H30N4O9.Re/c26-17(27)9-8-16(20(32)33)24-21(34)23-15(19(30)31)7-2-1-5-11-25(13-18(28)29)12-14-6-3-4-10-22-14;/h3-4,6,10,15-16H,1-2,5,7-9,11-13H2,(H,26,27)(H,28,29)(H,30,31)(H,32,33)(H2,23,24,34);/t15-,16-;/m0./s1. The molecule has 1 radical (unpaired) electrons. The normalized spacial score (nSPS) is 12.1. The summed E-state index contributed by atoms with van der Waals surface area (Å²) in [5, 5.41) is 40.4. The summed E-state index contributed by atoms with van der Waals surface area (Å²) in [6.07, 6.45) is 2.46. The average Bonchev–Trinajstić information content (AvgIpc) is 2.75. The molecule has 0 unspecified atom stereocenters. The van der Waals surface area contributed by atoms with Crippen molar-refractivity contribution in [3.05, 3.63) is 30.1 Å².